The molecule has 0 aliphatic carbocycles. The van der Waals surface area contributed by atoms with Crippen LogP contribution in [0.3, 0.4) is 0 Å². The molecular formula is C15H18O5P2SeW. The fourth-order valence-electron chi connectivity index (χ4n) is 0.833. The first kappa shape index (κ1) is 39.4. The summed E-state index contributed by atoms with van der Waals surface area (Å²) < 4.78 is 39.3. The van der Waals surface area contributed by atoms with Gasteiger partial charge in [-0.15, -0.1) is 0 Å². The van der Waals surface area contributed by atoms with Crippen molar-refractivity contribution in [2.45, 2.75) is 52.4 Å². The summed E-state index contributed by atoms with van der Waals surface area (Å²) in [5.41, 5.74) is 0.847. The molecule has 0 amide bonds. The predicted octanol–water partition coefficient (Wildman–Crippen LogP) is 4.31. The second-order valence-corrected chi connectivity index (χ2v) is 11.5. The molecule has 0 spiro atoms. The van der Waals surface area contributed by atoms with Gasteiger partial charge in [-0.1, -0.05) is 0 Å². The van der Waals surface area contributed by atoms with Crippen molar-refractivity contribution in [1.82, 2.24) is 0 Å². The van der Waals surface area contributed by atoms with Gasteiger partial charge < -0.3 is 0 Å². The van der Waals surface area contributed by atoms with Gasteiger partial charge in [-0.3, -0.25) is 0 Å². The minimum absolute atomic E-state index is 0. The zero-order valence-corrected chi connectivity index (χ0v) is 20.7. The molecule has 0 aliphatic heterocycles. The molecule has 0 saturated carbocycles. The van der Waals surface area contributed by atoms with Crippen molar-refractivity contribution in [3.8, 4) is 0 Å². The van der Waals surface area contributed by atoms with Crippen molar-refractivity contribution >= 4 is 29.1 Å². The maximum absolute atomic E-state index is 7.50. The fourth-order valence-corrected chi connectivity index (χ4v) is 11.4. The molecule has 0 fully saturated rings. The van der Waals surface area contributed by atoms with Crippen LogP contribution in [0.1, 0.15) is 50.7 Å². The molecule has 1 rings (SSSR count). The van der Waals surface area contributed by atoms with Crippen LogP contribution in [0.4, 0.5) is 0 Å². The van der Waals surface area contributed by atoms with Crippen LogP contribution in [0.5, 0.6) is 0 Å². The molecule has 1 aromatic heterocycles. The van der Waals surface area contributed by atoms with Crippen LogP contribution in [0.25, 0.3) is 0 Å². The van der Waals surface area contributed by atoms with E-state index in [0.29, 0.717) is 10.8 Å². The van der Waals surface area contributed by atoms with Crippen LogP contribution in [0.15, 0.2) is 0 Å². The summed E-state index contributed by atoms with van der Waals surface area (Å²) in [5, 5.41) is 1.72. The Morgan fingerprint density at radius 1 is 0.667 bits per heavy atom. The van der Waals surface area contributed by atoms with E-state index in [1.165, 1.54) is 0 Å². The molecule has 5 nitrogen and oxygen atoms in total. The van der Waals surface area contributed by atoms with Crippen molar-refractivity contribution in [3.63, 3.8) is 0 Å². The minimum atomic E-state index is 0. The summed E-state index contributed by atoms with van der Waals surface area (Å²) in [4.78, 5) is 0. The van der Waals surface area contributed by atoms with E-state index in [1.807, 2.05) is 0 Å². The maximum Gasteiger partial charge on any atom is 0 e. The molecule has 24 heavy (non-hydrogen) atoms. The van der Waals surface area contributed by atoms with Gasteiger partial charge in [0, 0.05) is 21.1 Å². The first-order chi connectivity index (χ1) is 10.7. The normalized spacial score (nSPS) is 8.33. The molecule has 0 N–H and O–H groups in total. The van der Waals surface area contributed by atoms with E-state index in [1.54, 1.807) is 24.2 Å². The van der Waals surface area contributed by atoms with Gasteiger partial charge in [-0.25, -0.2) is 0 Å². The van der Waals surface area contributed by atoms with Crippen LogP contribution in [-0.4, -0.2) is 14.0 Å². The monoisotopic (exact) mass is 604 g/mol. The zero-order chi connectivity index (χ0) is 20.3. The van der Waals surface area contributed by atoms with Crippen LogP contribution in [-0.2, 0) is 55.2 Å². The molecule has 0 atom stereocenters. The maximum atomic E-state index is 7.50. The molecule has 0 radical (unpaired) electrons. The molecule has 0 saturated heterocycles. The van der Waals surface area contributed by atoms with E-state index in [4.69, 9.17) is 23.3 Å². The van der Waals surface area contributed by atoms with Gasteiger partial charge in [0.25, 0.3) is 0 Å². The summed E-state index contributed by atoms with van der Waals surface area (Å²) in [6.45, 7) is 38.2. The van der Waals surface area contributed by atoms with Crippen LogP contribution in [0, 0.1) is 33.3 Å². The molecule has 1 heterocycles. The average molecular weight is 603 g/mol. The van der Waals surface area contributed by atoms with E-state index in [0.717, 1.165) is 14.0 Å². The van der Waals surface area contributed by atoms with Crippen LogP contribution < -0.4 is 0 Å². The van der Waals surface area contributed by atoms with Gasteiger partial charge in [0.15, 0.2) is 0 Å². The Balaban J connectivity index is -0.0000000634. The summed E-state index contributed by atoms with van der Waals surface area (Å²) in [5.74, 6) is 0. The summed E-state index contributed by atoms with van der Waals surface area (Å²) in [6, 6.07) is 0. The summed E-state index contributed by atoms with van der Waals surface area (Å²) in [6.07, 6.45) is 0. The Labute approximate surface area is 167 Å². The standard InChI is InChI=1S/C10H18P2Se.5CO.W/c1-9(2,3)7-11-8(13-12-7)10(4,5)6;5*1-2;/h1-6H3;;;;;;. The molecule has 0 bridgehead atoms. The summed E-state index contributed by atoms with van der Waals surface area (Å²) in [7, 11) is 1.56. The van der Waals surface area contributed by atoms with Crippen molar-refractivity contribution in [1.29, 1.82) is 0 Å². The SMILES string of the molecule is CC(C)(C)c1p[se]c(C(C)(C)C)p1.[C-]#[O+].[C-]#[O+].[C-]#[O+].[C-]#[O+].[C-]#[O+].[W]. The third-order valence-electron chi connectivity index (χ3n) is 1.74. The second-order valence-electron chi connectivity index (χ2n) is 5.42. The topological polar surface area (TPSA) is 99.5 Å². The molecule has 1 aromatic rings. The van der Waals surface area contributed by atoms with Gasteiger partial charge in [0.05, 0.1) is 0 Å². The number of hydrogen-bond acceptors (Lipinski definition) is 0. The van der Waals surface area contributed by atoms with E-state index < -0.39 is 0 Å². The van der Waals surface area contributed by atoms with E-state index in [9.17, 15) is 0 Å². The smallest absolute Gasteiger partial charge is 0 e. The molecule has 0 aliphatic rings. The zero-order valence-electron chi connectivity index (χ0n) is 14.3. The van der Waals surface area contributed by atoms with Crippen molar-refractivity contribution in [2.24, 2.45) is 0 Å². The molecular weight excluding hydrogens is 585 g/mol. The Morgan fingerprint density at radius 3 is 1.08 bits per heavy atom. The largest absolute Gasteiger partial charge is 0 e. The Kier molecular flexibility index (Phi) is 41.8. The predicted molar refractivity (Wildman–Crippen MR) is 85.5 cm³/mol. The molecule has 9 heteroatoms. The first-order valence-corrected chi connectivity index (χ1v) is 10.4. The van der Waals surface area contributed by atoms with Gasteiger partial charge in [-0.2, -0.15) is 0 Å². The van der Waals surface area contributed by atoms with Gasteiger partial charge >= 0.3 is 147 Å². The average Bonchev–Trinajstić information content (AvgIpc) is 3.08. The Bertz CT molecular complexity index is 428. The number of hydrogen-bond donors (Lipinski definition) is 0. The van der Waals surface area contributed by atoms with E-state index in [-0.39, 0.29) is 21.1 Å². The van der Waals surface area contributed by atoms with E-state index in [2.05, 4.69) is 74.8 Å². The van der Waals surface area contributed by atoms with E-state index >= 15 is 0 Å². The van der Waals surface area contributed by atoms with Crippen LogP contribution >= 0.6 is 15.0 Å². The number of rotatable bonds is 0. The van der Waals surface area contributed by atoms with Crippen LogP contribution in [0.2, 0.25) is 0 Å². The van der Waals surface area contributed by atoms with Crippen molar-refractivity contribution in [3.05, 3.63) is 42.4 Å². The Hall–Kier alpha value is 0.248. The Morgan fingerprint density at radius 2 is 0.958 bits per heavy atom. The van der Waals surface area contributed by atoms with Gasteiger partial charge in [0.2, 0.25) is 0 Å². The second kappa shape index (κ2) is 25.5. The summed E-state index contributed by atoms with van der Waals surface area (Å²) >= 11 is 0.739. The molecule has 0 unspecified atom stereocenters. The third-order valence-corrected chi connectivity index (χ3v) is 12.1. The fraction of sp³-hybridized carbons (Fsp3) is 0.533. The quantitative estimate of drug-likeness (QED) is 0.240. The van der Waals surface area contributed by atoms with Crippen molar-refractivity contribution in [2.75, 3.05) is 0 Å². The first-order valence-electron chi connectivity index (χ1n) is 5.58. The molecule has 0 aromatic carbocycles. The molecule has 130 valence electrons. The minimum Gasteiger partial charge on any atom is 0 e. The van der Waals surface area contributed by atoms with Gasteiger partial charge in [0.1, 0.15) is 0 Å². The third kappa shape index (κ3) is 22.2. The van der Waals surface area contributed by atoms with Crippen molar-refractivity contribution < 1.29 is 44.3 Å². The van der Waals surface area contributed by atoms with Gasteiger partial charge in [-0.05, 0) is 0 Å².